The van der Waals surface area contributed by atoms with Gasteiger partial charge in [0, 0.05) is 37.1 Å². The molecule has 43 heavy (non-hydrogen) atoms. The van der Waals surface area contributed by atoms with E-state index in [-0.39, 0.29) is 0 Å². The van der Waals surface area contributed by atoms with Gasteiger partial charge in [0.15, 0.2) is 0 Å². The van der Waals surface area contributed by atoms with Crippen LogP contribution < -0.4 is 5.73 Å². The van der Waals surface area contributed by atoms with Gasteiger partial charge in [0.25, 0.3) is 0 Å². The van der Waals surface area contributed by atoms with Crippen LogP contribution in [0.4, 0.5) is 5.82 Å². The molecule has 0 bridgehead atoms. The number of nitrogens with zero attached hydrogens (tertiary/aromatic N) is 6. The number of benzene rings is 2. The zero-order chi connectivity index (χ0) is 29.8. The highest BCUT2D eigenvalue weighted by Gasteiger charge is 2.43. The van der Waals surface area contributed by atoms with Gasteiger partial charge in [0.1, 0.15) is 23.4 Å². The first-order valence-electron chi connectivity index (χ1n) is 14.7. The SMILES string of the molecule is C=CC=O.CN1CCC2(CC1)CN(Cc1ccc(-n3c(-c4cccnc4N)nc4cnc(-c5ccccc5)cc43)cc1)C2. The summed E-state index contributed by atoms with van der Waals surface area (Å²) in [5.41, 5.74) is 13.8. The number of carbonyl (C=O) groups is 1. The summed E-state index contributed by atoms with van der Waals surface area (Å²) >= 11 is 0. The van der Waals surface area contributed by atoms with E-state index < -0.39 is 0 Å². The molecule has 2 saturated heterocycles. The van der Waals surface area contributed by atoms with Gasteiger partial charge in [0.2, 0.25) is 0 Å². The van der Waals surface area contributed by atoms with Crippen LogP contribution in [0, 0.1) is 5.41 Å². The molecular formula is C35H37N7O. The van der Waals surface area contributed by atoms with Crippen LogP contribution in [-0.4, -0.2) is 68.8 Å². The summed E-state index contributed by atoms with van der Waals surface area (Å²) in [5.74, 6) is 1.23. The first-order chi connectivity index (χ1) is 21.0. The minimum absolute atomic E-state index is 0.461. The Bertz CT molecular complexity index is 1710. The van der Waals surface area contributed by atoms with Crippen LogP contribution in [0.1, 0.15) is 18.4 Å². The van der Waals surface area contributed by atoms with Crippen molar-refractivity contribution in [1.82, 2.24) is 29.3 Å². The minimum atomic E-state index is 0.461. The average Bonchev–Trinajstić information content (AvgIpc) is 3.41. The standard InChI is InChI=1S/C32H33N7.C3H4O/c1-37-16-13-32(14-17-37)21-38(22-32)20-23-9-11-25(12-10-23)39-29-18-27(24-6-3-2-4-7-24)35-19-28(29)36-31(39)26-8-5-15-34-30(26)33;1-2-3-4/h2-12,15,18-19H,13-14,16-17,20-22H2,1H3,(H2,33,34);2-3H,1H2. The second kappa shape index (κ2) is 12.3. The second-order valence-corrected chi connectivity index (χ2v) is 11.6. The number of nitrogen functional groups attached to an aromatic ring is 1. The molecule has 2 fully saturated rings. The zero-order valence-electron chi connectivity index (χ0n) is 24.6. The van der Waals surface area contributed by atoms with E-state index >= 15 is 0 Å². The van der Waals surface area contributed by atoms with Crippen molar-refractivity contribution in [2.24, 2.45) is 5.41 Å². The zero-order valence-corrected chi connectivity index (χ0v) is 24.6. The van der Waals surface area contributed by atoms with Crippen LogP contribution in [0.25, 0.3) is 39.4 Å². The van der Waals surface area contributed by atoms with Crippen LogP contribution in [-0.2, 0) is 11.3 Å². The number of aromatic nitrogens is 4. The quantitative estimate of drug-likeness (QED) is 0.209. The van der Waals surface area contributed by atoms with Gasteiger partial charge < -0.3 is 10.6 Å². The topological polar surface area (TPSA) is 93.2 Å². The lowest BCUT2D eigenvalue weighted by Gasteiger charge is -2.54. The summed E-state index contributed by atoms with van der Waals surface area (Å²) in [4.78, 5) is 28.1. The van der Waals surface area contributed by atoms with Crippen molar-refractivity contribution in [3.8, 4) is 28.3 Å². The van der Waals surface area contributed by atoms with Gasteiger partial charge in [0.05, 0.1) is 23.0 Å². The summed E-state index contributed by atoms with van der Waals surface area (Å²) < 4.78 is 2.18. The molecule has 1 spiro atoms. The van der Waals surface area contributed by atoms with Crippen LogP contribution in [0.5, 0.6) is 0 Å². The maximum Gasteiger partial charge on any atom is 0.149 e. The van der Waals surface area contributed by atoms with Crippen molar-refractivity contribution in [1.29, 1.82) is 0 Å². The number of hydrogen-bond donors (Lipinski definition) is 1. The van der Waals surface area contributed by atoms with Crippen molar-refractivity contribution < 1.29 is 4.79 Å². The van der Waals surface area contributed by atoms with E-state index in [4.69, 9.17) is 20.5 Å². The Morgan fingerprint density at radius 3 is 2.37 bits per heavy atom. The molecule has 5 aromatic rings. The largest absolute Gasteiger partial charge is 0.383 e. The fraction of sp³-hybridized carbons (Fsp3) is 0.257. The molecule has 0 radical (unpaired) electrons. The number of aldehydes is 1. The maximum atomic E-state index is 9.06. The Morgan fingerprint density at radius 1 is 0.977 bits per heavy atom. The molecule has 0 saturated carbocycles. The average molecular weight is 572 g/mol. The number of anilines is 1. The number of nitrogens with two attached hydrogens (primary N) is 1. The number of likely N-dealkylation sites (tertiary alicyclic amines) is 2. The molecule has 5 heterocycles. The van der Waals surface area contributed by atoms with E-state index in [2.05, 4.69) is 75.4 Å². The lowest BCUT2D eigenvalue weighted by molar-refractivity contribution is -0.104. The van der Waals surface area contributed by atoms with Crippen LogP contribution in [0.3, 0.4) is 0 Å². The van der Waals surface area contributed by atoms with Crippen LogP contribution in [0.15, 0.2) is 97.8 Å². The highest BCUT2D eigenvalue weighted by Crippen LogP contribution is 2.41. The Hall–Kier alpha value is -4.66. The molecule has 2 aromatic carbocycles. The lowest BCUT2D eigenvalue weighted by Crippen LogP contribution is -2.59. The molecule has 0 aliphatic carbocycles. The number of fused-ring (bicyclic) bond motifs is 1. The first-order valence-corrected chi connectivity index (χ1v) is 14.7. The molecule has 8 heteroatoms. The molecule has 8 nitrogen and oxygen atoms in total. The minimum Gasteiger partial charge on any atom is -0.383 e. The lowest BCUT2D eigenvalue weighted by atomic mass is 9.72. The van der Waals surface area contributed by atoms with Crippen molar-refractivity contribution >= 4 is 23.1 Å². The van der Waals surface area contributed by atoms with Gasteiger partial charge in [-0.05, 0) is 80.4 Å². The van der Waals surface area contributed by atoms with Gasteiger partial charge in [-0.25, -0.2) is 9.97 Å². The Morgan fingerprint density at radius 2 is 1.70 bits per heavy atom. The highest BCUT2D eigenvalue weighted by atomic mass is 16.1. The molecule has 218 valence electrons. The van der Waals surface area contributed by atoms with E-state index in [9.17, 15) is 0 Å². The number of pyridine rings is 2. The van der Waals surface area contributed by atoms with Crippen molar-refractivity contribution in [2.75, 3.05) is 39.0 Å². The van der Waals surface area contributed by atoms with Crippen LogP contribution in [0.2, 0.25) is 0 Å². The predicted molar refractivity (Wildman–Crippen MR) is 173 cm³/mol. The third-order valence-corrected chi connectivity index (χ3v) is 8.55. The number of rotatable bonds is 6. The molecule has 0 unspecified atom stereocenters. The molecule has 2 N–H and O–H groups in total. The number of imidazole rings is 1. The molecule has 7 rings (SSSR count). The van der Waals surface area contributed by atoms with E-state index in [0.29, 0.717) is 17.5 Å². The van der Waals surface area contributed by atoms with E-state index in [1.54, 1.807) is 6.20 Å². The third kappa shape index (κ3) is 5.98. The van der Waals surface area contributed by atoms with Gasteiger partial charge in [-0.3, -0.25) is 19.2 Å². The van der Waals surface area contributed by atoms with Gasteiger partial charge in [-0.15, -0.1) is 0 Å². The number of hydrogen-bond acceptors (Lipinski definition) is 7. The molecule has 0 atom stereocenters. The van der Waals surface area contributed by atoms with Crippen molar-refractivity contribution in [2.45, 2.75) is 19.4 Å². The number of carbonyl (C=O) groups excluding carboxylic acids is 1. The molecule has 2 aliphatic heterocycles. The van der Waals surface area contributed by atoms with E-state index in [0.717, 1.165) is 45.9 Å². The number of piperidine rings is 1. The van der Waals surface area contributed by atoms with Crippen LogP contribution >= 0.6 is 0 Å². The van der Waals surface area contributed by atoms with Gasteiger partial charge in [-0.2, -0.15) is 0 Å². The second-order valence-electron chi connectivity index (χ2n) is 11.6. The smallest absolute Gasteiger partial charge is 0.149 e. The Balaban J connectivity index is 0.000000777. The van der Waals surface area contributed by atoms with E-state index in [1.807, 2.05) is 36.5 Å². The first kappa shape index (κ1) is 28.5. The molecule has 3 aromatic heterocycles. The van der Waals surface area contributed by atoms with Crippen molar-refractivity contribution in [3.05, 3.63) is 103 Å². The maximum absolute atomic E-state index is 9.06. The Labute approximate surface area is 252 Å². The summed E-state index contributed by atoms with van der Waals surface area (Å²) in [7, 11) is 2.24. The fourth-order valence-corrected chi connectivity index (χ4v) is 6.23. The van der Waals surface area contributed by atoms with Gasteiger partial charge >= 0.3 is 0 Å². The van der Waals surface area contributed by atoms with Gasteiger partial charge in [-0.1, -0.05) is 49.0 Å². The molecule has 2 aliphatic rings. The Kier molecular flexibility index (Phi) is 8.13. The van der Waals surface area contributed by atoms with E-state index in [1.165, 1.54) is 50.7 Å². The summed E-state index contributed by atoms with van der Waals surface area (Å²) in [5, 5.41) is 0. The highest BCUT2D eigenvalue weighted by molar-refractivity contribution is 5.87. The monoisotopic (exact) mass is 571 g/mol. The number of allylic oxidation sites excluding steroid dienone is 1. The molecular weight excluding hydrogens is 534 g/mol. The molecule has 0 amide bonds. The third-order valence-electron chi connectivity index (χ3n) is 8.55. The van der Waals surface area contributed by atoms with Crippen molar-refractivity contribution in [3.63, 3.8) is 0 Å². The summed E-state index contributed by atoms with van der Waals surface area (Å²) in [6, 6.07) is 25.1. The summed E-state index contributed by atoms with van der Waals surface area (Å²) in [6.45, 7) is 9.00. The summed E-state index contributed by atoms with van der Waals surface area (Å²) in [6.07, 6.45) is 8.04. The fourth-order valence-electron chi connectivity index (χ4n) is 6.23. The predicted octanol–water partition coefficient (Wildman–Crippen LogP) is 5.63. The normalized spacial score (nSPS) is 16.3.